The average Bonchev–Trinajstić information content (AvgIpc) is 2.90. The van der Waals surface area contributed by atoms with Crippen LogP contribution in [0.3, 0.4) is 0 Å². The maximum atomic E-state index is 13.1. The quantitative estimate of drug-likeness (QED) is 0.684. The summed E-state index contributed by atoms with van der Waals surface area (Å²) in [6, 6.07) is 10.8. The van der Waals surface area contributed by atoms with E-state index in [1.807, 2.05) is 0 Å². The average molecular weight is 401 g/mol. The number of nitrogens with two attached hydrogens (primary N) is 1. The Kier molecular flexibility index (Phi) is 5.46. The van der Waals surface area contributed by atoms with Gasteiger partial charge in [-0.3, -0.25) is 9.59 Å². The van der Waals surface area contributed by atoms with Crippen molar-refractivity contribution in [1.29, 1.82) is 0 Å². The lowest BCUT2D eigenvalue weighted by Gasteiger charge is -2.08. The fraction of sp³-hybridized carbons (Fsp3) is 0.150. The monoisotopic (exact) mass is 400 g/mol. The Balaban J connectivity index is 1.82. The number of aryl methyl sites for hydroxylation is 2. The van der Waals surface area contributed by atoms with Crippen LogP contribution in [0.25, 0.3) is 0 Å². The molecule has 0 unspecified atom stereocenters. The predicted octanol–water partition coefficient (Wildman–Crippen LogP) is 3.69. The molecular formula is C20H18ClFN4O2. The minimum absolute atomic E-state index is 0.185. The van der Waals surface area contributed by atoms with Crippen LogP contribution in [-0.2, 0) is 6.54 Å². The molecule has 0 aliphatic rings. The van der Waals surface area contributed by atoms with Gasteiger partial charge in [0.05, 0.1) is 17.8 Å². The third-order valence-corrected chi connectivity index (χ3v) is 4.67. The van der Waals surface area contributed by atoms with Crippen LogP contribution in [0, 0.1) is 19.7 Å². The molecule has 8 heteroatoms. The molecule has 0 saturated carbocycles. The first-order valence-electron chi connectivity index (χ1n) is 8.45. The summed E-state index contributed by atoms with van der Waals surface area (Å²) in [6.45, 7) is 3.72. The van der Waals surface area contributed by atoms with Gasteiger partial charge in [0.15, 0.2) is 0 Å². The third-order valence-electron chi connectivity index (χ3n) is 4.29. The molecule has 0 aliphatic heterocycles. The van der Waals surface area contributed by atoms with Crippen LogP contribution in [0.4, 0.5) is 10.1 Å². The van der Waals surface area contributed by atoms with Gasteiger partial charge < -0.3 is 11.1 Å². The molecule has 0 radical (unpaired) electrons. The number of carbonyl (C=O) groups is 2. The van der Waals surface area contributed by atoms with Gasteiger partial charge in [0.1, 0.15) is 11.0 Å². The molecule has 0 aliphatic carbocycles. The fourth-order valence-electron chi connectivity index (χ4n) is 2.89. The summed E-state index contributed by atoms with van der Waals surface area (Å²) in [7, 11) is 0. The van der Waals surface area contributed by atoms with Gasteiger partial charge >= 0.3 is 0 Å². The van der Waals surface area contributed by atoms with E-state index in [0.29, 0.717) is 29.1 Å². The molecule has 144 valence electrons. The maximum absolute atomic E-state index is 13.1. The fourth-order valence-corrected chi connectivity index (χ4v) is 3.21. The van der Waals surface area contributed by atoms with Crippen LogP contribution in [0.2, 0.25) is 5.15 Å². The number of benzene rings is 2. The lowest BCUT2D eigenvalue weighted by molar-refractivity contribution is 0.0997. The topological polar surface area (TPSA) is 90.0 Å². The first-order valence-corrected chi connectivity index (χ1v) is 8.83. The lowest BCUT2D eigenvalue weighted by Crippen LogP contribution is -2.15. The van der Waals surface area contributed by atoms with E-state index >= 15 is 0 Å². The highest BCUT2D eigenvalue weighted by molar-refractivity contribution is 6.33. The number of halogens is 2. The highest BCUT2D eigenvalue weighted by Gasteiger charge is 2.21. The molecule has 0 atom stereocenters. The highest BCUT2D eigenvalue weighted by atomic mass is 35.5. The van der Waals surface area contributed by atoms with E-state index in [9.17, 15) is 14.0 Å². The summed E-state index contributed by atoms with van der Waals surface area (Å²) in [4.78, 5) is 24.0. The maximum Gasteiger partial charge on any atom is 0.260 e. The number of carbonyl (C=O) groups excluding carboxylic acids is 2. The van der Waals surface area contributed by atoms with Gasteiger partial charge in [-0.15, -0.1) is 0 Å². The number of primary amides is 1. The third kappa shape index (κ3) is 4.04. The zero-order valence-corrected chi connectivity index (χ0v) is 16.0. The molecular weight excluding hydrogens is 383 g/mol. The summed E-state index contributed by atoms with van der Waals surface area (Å²) in [5.41, 5.74) is 8.36. The number of nitrogens with zero attached hydrogens (tertiary/aromatic N) is 2. The van der Waals surface area contributed by atoms with Crippen molar-refractivity contribution >= 4 is 29.1 Å². The number of amides is 2. The van der Waals surface area contributed by atoms with Crippen LogP contribution in [0.1, 0.15) is 37.5 Å². The molecule has 0 spiro atoms. The number of hydrogen-bond donors (Lipinski definition) is 2. The minimum Gasteiger partial charge on any atom is -0.366 e. The Hall–Kier alpha value is -3.19. The van der Waals surface area contributed by atoms with Crippen molar-refractivity contribution in [3.05, 3.63) is 81.4 Å². The number of aromatic nitrogens is 2. The van der Waals surface area contributed by atoms with Crippen LogP contribution in [-0.4, -0.2) is 21.6 Å². The van der Waals surface area contributed by atoms with Crippen molar-refractivity contribution < 1.29 is 14.0 Å². The van der Waals surface area contributed by atoms with Gasteiger partial charge in [-0.1, -0.05) is 23.7 Å². The highest BCUT2D eigenvalue weighted by Crippen LogP contribution is 2.23. The number of hydrogen-bond acceptors (Lipinski definition) is 3. The molecule has 1 heterocycles. The molecule has 28 heavy (non-hydrogen) atoms. The van der Waals surface area contributed by atoms with E-state index < -0.39 is 11.8 Å². The van der Waals surface area contributed by atoms with Gasteiger partial charge in [-0.05, 0) is 55.3 Å². The molecule has 2 amide bonds. The molecule has 6 nitrogen and oxygen atoms in total. The summed E-state index contributed by atoms with van der Waals surface area (Å²) in [5, 5.41) is 7.25. The van der Waals surface area contributed by atoms with E-state index in [1.165, 1.54) is 16.8 Å². The zero-order valence-electron chi connectivity index (χ0n) is 15.3. The van der Waals surface area contributed by atoms with Crippen LogP contribution < -0.4 is 11.1 Å². The predicted molar refractivity (Wildman–Crippen MR) is 105 cm³/mol. The molecule has 3 rings (SSSR count). The lowest BCUT2D eigenvalue weighted by atomic mass is 10.1. The van der Waals surface area contributed by atoms with E-state index in [0.717, 1.165) is 5.56 Å². The Morgan fingerprint density at radius 2 is 1.86 bits per heavy atom. The van der Waals surface area contributed by atoms with Crippen molar-refractivity contribution in [3.63, 3.8) is 0 Å². The Bertz CT molecular complexity index is 1060. The second-order valence-corrected chi connectivity index (χ2v) is 6.74. The van der Waals surface area contributed by atoms with Crippen molar-refractivity contribution in [1.82, 2.24) is 9.78 Å². The van der Waals surface area contributed by atoms with Gasteiger partial charge in [-0.2, -0.15) is 5.10 Å². The van der Waals surface area contributed by atoms with Gasteiger partial charge in [0.2, 0.25) is 5.91 Å². The van der Waals surface area contributed by atoms with Gasteiger partial charge in [0.25, 0.3) is 5.91 Å². The van der Waals surface area contributed by atoms with E-state index in [2.05, 4.69) is 10.4 Å². The number of rotatable bonds is 5. The Morgan fingerprint density at radius 3 is 2.46 bits per heavy atom. The SMILES string of the molecule is Cc1cc(NC(=O)c2c(C)nn(Cc3ccc(F)cc3)c2Cl)ccc1C(N)=O. The zero-order chi connectivity index (χ0) is 20.4. The van der Waals surface area contributed by atoms with E-state index in [4.69, 9.17) is 17.3 Å². The smallest absolute Gasteiger partial charge is 0.260 e. The van der Waals surface area contributed by atoms with Crippen LogP contribution in [0.5, 0.6) is 0 Å². The van der Waals surface area contributed by atoms with Crippen LogP contribution in [0.15, 0.2) is 42.5 Å². The first kappa shape index (κ1) is 19.6. The molecule has 2 aromatic carbocycles. The normalized spacial score (nSPS) is 10.7. The second-order valence-electron chi connectivity index (χ2n) is 6.38. The summed E-state index contributed by atoms with van der Waals surface area (Å²) < 4.78 is 14.5. The standard InChI is InChI=1S/C20H18ClFN4O2/c1-11-9-15(7-8-16(11)19(23)27)24-20(28)17-12(2)25-26(18(17)21)10-13-3-5-14(22)6-4-13/h3-9H,10H2,1-2H3,(H2,23,27)(H,24,28). The van der Waals surface area contributed by atoms with Crippen molar-refractivity contribution in [2.24, 2.45) is 5.73 Å². The summed E-state index contributed by atoms with van der Waals surface area (Å²) >= 11 is 6.37. The van der Waals surface area contributed by atoms with Gasteiger partial charge in [-0.25, -0.2) is 9.07 Å². The molecule has 1 aromatic heterocycles. The summed E-state index contributed by atoms with van der Waals surface area (Å²) in [6.07, 6.45) is 0. The molecule has 0 saturated heterocycles. The second kappa shape index (κ2) is 7.82. The van der Waals surface area contributed by atoms with Crippen molar-refractivity contribution in [2.45, 2.75) is 20.4 Å². The van der Waals surface area contributed by atoms with Crippen molar-refractivity contribution in [3.8, 4) is 0 Å². The largest absolute Gasteiger partial charge is 0.366 e. The molecule has 3 aromatic rings. The molecule has 0 bridgehead atoms. The first-order chi connectivity index (χ1) is 13.3. The molecule has 3 N–H and O–H groups in total. The molecule has 0 fully saturated rings. The van der Waals surface area contributed by atoms with Crippen molar-refractivity contribution in [2.75, 3.05) is 5.32 Å². The Labute approximate surface area is 166 Å². The number of nitrogens with one attached hydrogen (secondary N) is 1. The number of anilines is 1. The van der Waals surface area contributed by atoms with Crippen LogP contribution >= 0.6 is 11.6 Å². The minimum atomic E-state index is -0.531. The van der Waals surface area contributed by atoms with E-state index in [-0.39, 0.29) is 16.5 Å². The van der Waals surface area contributed by atoms with Gasteiger partial charge in [0, 0.05) is 11.3 Å². The Morgan fingerprint density at radius 1 is 1.18 bits per heavy atom. The van der Waals surface area contributed by atoms with E-state index in [1.54, 1.807) is 44.2 Å². The summed E-state index contributed by atoms with van der Waals surface area (Å²) in [5.74, 6) is -1.28.